The first-order valence-electron chi connectivity index (χ1n) is 8.46. The van der Waals surface area contributed by atoms with E-state index in [-0.39, 0.29) is 11.9 Å². The van der Waals surface area contributed by atoms with Gasteiger partial charge in [0, 0.05) is 24.0 Å². The first-order chi connectivity index (χ1) is 12.5. The van der Waals surface area contributed by atoms with Crippen molar-refractivity contribution in [1.29, 1.82) is 0 Å². The summed E-state index contributed by atoms with van der Waals surface area (Å²) in [6.45, 7) is 6.63. The molecule has 7 heteroatoms. The van der Waals surface area contributed by atoms with Gasteiger partial charge in [-0.25, -0.2) is 0 Å². The lowest BCUT2D eigenvalue weighted by Gasteiger charge is -2.14. The van der Waals surface area contributed by atoms with Gasteiger partial charge in [0.1, 0.15) is 18.1 Å². The van der Waals surface area contributed by atoms with E-state index in [4.69, 9.17) is 9.26 Å². The number of nitrogens with zero attached hydrogens (tertiary/aromatic N) is 3. The number of carbonyl (C=O) groups is 1. The summed E-state index contributed by atoms with van der Waals surface area (Å²) in [5.41, 5.74) is 2.28. The van der Waals surface area contributed by atoms with Gasteiger partial charge in [0.2, 0.25) is 0 Å². The zero-order valence-corrected chi connectivity index (χ0v) is 15.1. The molecule has 26 heavy (non-hydrogen) atoms. The molecule has 1 aromatic carbocycles. The third-order valence-electron chi connectivity index (χ3n) is 4.06. The van der Waals surface area contributed by atoms with Crippen LogP contribution < -0.4 is 10.1 Å². The zero-order valence-electron chi connectivity index (χ0n) is 15.1. The van der Waals surface area contributed by atoms with Gasteiger partial charge in [0.25, 0.3) is 5.91 Å². The maximum atomic E-state index is 12.5. The van der Waals surface area contributed by atoms with Crippen LogP contribution in [0.25, 0.3) is 0 Å². The molecule has 1 N–H and O–H groups in total. The molecule has 0 bridgehead atoms. The average Bonchev–Trinajstić information content (AvgIpc) is 3.23. The summed E-state index contributed by atoms with van der Waals surface area (Å²) < 4.78 is 12.7. The van der Waals surface area contributed by atoms with Crippen LogP contribution in [0.3, 0.4) is 0 Å². The molecule has 3 rings (SSSR count). The number of aryl methyl sites for hydroxylation is 2. The molecule has 1 atom stereocenters. The highest BCUT2D eigenvalue weighted by molar-refractivity contribution is 5.94. The normalized spacial score (nSPS) is 12.0. The van der Waals surface area contributed by atoms with Crippen molar-refractivity contribution < 1.29 is 14.1 Å². The van der Waals surface area contributed by atoms with E-state index in [9.17, 15) is 4.79 Å². The molecule has 0 saturated heterocycles. The number of aromatic nitrogens is 3. The SMILES string of the molecule is Cc1noc(C)c1COc1cccc(C(=O)NC(C)Cn2cccn2)c1. The fourth-order valence-electron chi connectivity index (χ4n) is 2.63. The highest BCUT2D eigenvalue weighted by atomic mass is 16.5. The molecule has 0 aliphatic carbocycles. The molecule has 1 unspecified atom stereocenters. The van der Waals surface area contributed by atoms with Crippen molar-refractivity contribution in [3.8, 4) is 5.75 Å². The third-order valence-corrected chi connectivity index (χ3v) is 4.06. The van der Waals surface area contributed by atoms with Crippen molar-refractivity contribution >= 4 is 5.91 Å². The quantitative estimate of drug-likeness (QED) is 0.705. The predicted molar refractivity (Wildman–Crippen MR) is 95.9 cm³/mol. The highest BCUT2D eigenvalue weighted by Crippen LogP contribution is 2.18. The van der Waals surface area contributed by atoms with E-state index in [1.807, 2.05) is 39.1 Å². The Morgan fingerprint density at radius 3 is 2.88 bits per heavy atom. The minimum Gasteiger partial charge on any atom is -0.489 e. The zero-order chi connectivity index (χ0) is 18.5. The number of amides is 1. The molecule has 0 radical (unpaired) electrons. The maximum Gasteiger partial charge on any atom is 0.251 e. The first-order valence-corrected chi connectivity index (χ1v) is 8.46. The Kier molecular flexibility index (Phi) is 5.36. The topological polar surface area (TPSA) is 82.2 Å². The minimum atomic E-state index is -0.146. The van der Waals surface area contributed by atoms with Crippen molar-refractivity contribution in [3.05, 3.63) is 65.3 Å². The highest BCUT2D eigenvalue weighted by Gasteiger charge is 2.13. The molecular weight excluding hydrogens is 332 g/mol. The second kappa shape index (κ2) is 7.86. The van der Waals surface area contributed by atoms with Crippen LogP contribution in [0.5, 0.6) is 5.75 Å². The van der Waals surface area contributed by atoms with E-state index in [1.54, 1.807) is 29.1 Å². The van der Waals surface area contributed by atoms with Crippen LogP contribution in [0.4, 0.5) is 0 Å². The van der Waals surface area contributed by atoms with E-state index in [0.29, 0.717) is 24.5 Å². The molecule has 7 nitrogen and oxygen atoms in total. The number of rotatable bonds is 7. The van der Waals surface area contributed by atoms with E-state index in [1.165, 1.54) is 0 Å². The lowest BCUT2D eigenvalue weighted by Crippen LogP contribution is -2.35. The number of carbonyl (C=O) groups excluding carboxylic acids is 1. The van der Waals surface area contributed by atoms with E-state index < -0.39 is 0 Å². The number of hydrogen-bond acceptors (Lipinski definition) is 5. The number of benzene rings is 1. The molecule has 2 heterocycles. The Balaban J connectivity index is 1.60. The Labute approximate surface area is 151 Å². The van der Waals surface area contributed by atoms with Crippen LogP contribution in [0.15, 0.2) is 47.2 Å². The molecule has 2 aromatic heterocycles. The van der Waals surface area contributed by atoms with Crippen LogP contribution in [-0.4, -0.2) is 26.9 Å². The summed E-state index contributed by atoms with van der Waals surface area (Å²) in [4.78, 5) is 12.5. The number of hydrogen-bond donors (Lipinski definition) is 1. The summed E-state index contributed by atoms with van der Waals surface area (Å²) in [7, 11) is 0. The Morgan fingerprint density at radius 2 is 2.19 bits per heavy atom. The fourth-order valence-corrected chi connectivity index (χ4v) is 2.63. The van der Waals surface area contributed by atoms with Crippen molar-refractivity contribution in [2.75, 3.05) is 0 Å². The van der Waals surface area contributed by atoms with Crippen LogP contribution >= 0.6 is 0 Å². The first kappa shape index (κ1) is 17.7. The second-order valence-corrected chi connectivity index (χ2v) is 6.22. The van der Waals surface area contributed by atoms with Gasteiger partial charge in [-0.3, -0.25) is 9.48 Å². The number of nitrogens with one attached hydrogen (secondary N) is 1. The molecule has 0 aliphatic heterocycles. The monoisotopic (exact) mass is 354 g/mol. The predicted octanol–water partition coefficient (Wildman–Crippen LogP) is 2.89. The van der Waals surface area contributed by atoms with E-state index in [0.717, 1.165) is 17.0 Å². The van der Waals surface area contributed by atoms with E-state index >= 15 is 0 Å². The number of ether oxygens (including phenoxy) is 1. The second-order valence-electron chi connectivity index (χ2n) is 6.22. The Hall–Kier alpha value is -3.09. The molecule has 0 saturated carbocycles. The molecule has 0 spiro atoms. The van der Waals surface area contributed by atoms with Crippen LogP contribution in [-0.2, 0) is 13.2 Å². The molecule has 1 amide bonds. The van der Waals surface area contributed by atoms with Crippen LogP contribution in [0, 0.1) is 13.8 Å². The molecular formula is C19H22N4O3. The minimum absolute atomic E-state index is 0.0470. The maximum absolute atomic E-state index is 12.5. The summed E-state index contributed by atoms with van der Waals surface area (Å²) in [5.74, 6) is 1.22. The molecule has 0 fully saturated rings. The summed E-state index contributed by atoms with van der Waals surface area (Å²) in [6.07, 6.45) is 3.58. The molecule has 136 valence electrons. The van der Waals surface area contributed by atoms with Gasteiger partial charge in [0.05, 0.1) is 17.8 Å². The molecule has 0 aliphatic rings. The van der Waals surface area contributed by atoms with Gasteiger partial charge in [-0.05, 0) is 45.0 Å². The lowest BCUT2D eigenvalue weighted by atomic mass is 10.2. The van der Waals surface area contributed by atoms with Crippen molar-refractivity contribution in [3.63, 3.8) is 0 Å². The summed E-state index contributed by atoms with van der Waals surface area (Å²) in [5, 5.41) is 11.0. The van der Waals surface area contributed by atoms with Gasteiger partial charge in [0.15, 0.2) is 0 Å². The fraction of sp³-hybridized carbons (Fsp3) is 0.316. The van der Waals surface area contributed by atoms with Crippen molar-refractivity contribution in [2.45, 2.75) is 40.0 Å². The Bertz CT molecular complexity index is 851. The van der Waals surface area contributed by atoms with Gasteiger partial charge >= 0.3 is 0 Å². The van der Waals surface area contributed by atoms with Crippen LogP contribution in [0.2, 0.25) is 0 Å². The summed E-state index contributed by atoms with van der Waals surface area (Å²) in [6, 6.07) is 8.92. The van der Waals surface area contributed by atoms with Crippen molar-refractivity contribution in [2.24, 2.45) is 0 Å². The largest absolute Gasteiger partial charge is 0.489 e. The van der Waals surface area contributed by atoms with Gasteiger partial charge < -0.3 is 14.6 Å². The van der Waals surface area contributed by atoms with Gasteiger partial charge in [-0.2, -0.15) is 5.10 Å². The average molecular weight is 354 g/mol. The Morgan fingerprint density at radius 1 is 1.35 bits per heavy atom. The smallest absolute Gasteiger partial charge is 0.251 e. The third kappa shape index (κ3) is 4.30. The molecule has 3 aromatic rings. The van der Waals surface area contributed by atoms with Crippen LogP contribution in [0.1, 0.15) is 34.3 Å². The van der Waals surface area contributed by atoms with Gasteiger partial charge in [-0.15, -0.1) is 0 Å². The summed E-state index contributed by atoms with van der Waals surface area (Å²) >= 11 is 0. The van der Waals surface area contributed by atoms with Crippen molar-refractivity contribution in [1.82, 2.24) is 20.3 Å². The standard InChI is InChI=1S/C19H22N4O3/c1-13(11-23-9-5-8-20-23)21-19(24)16-6-4-7-17(10-16)25-12-18-14(2)22-26-15(18)3/h4-10,13H,11-12H2,1-3H3,(H,21,24). The van der Waals surface area contributed by atoms with E-state index in [2.05, 4.69) is 15.6 Å². The lowest BCUT2D eigenvalue weighted by molar-refractivity contribution is 0.0935. The van der Waals surface area contributed by atoms with Gasteiger partial charge in [-0.1, -0.05) is 11.2 Å².